The lowest BCUT2D eigenvalue weighted by Gasteiger charge is -1.99. The van der Waals surface area contributed by atoms with Crippen molar-refractivity contribution in [2.75, 3.05) is 0 Å². The van der Waals surface area contributed by atoms with Crippen LogP contribution >= 0.6 is 11.6 Å². The van der Waals surface area contributed by atoms with Crippen molar-refractivity contribution in [3.05, 3.63) is 46.1 Å². The fraction of sp³-hybridized carbons (Fsp3) is 0.100. The number of hydrogen-bond donors (Lipinski definition) is 0. The fourth-order valence-corrected chi connectivity index (χ4v) is 1.65. The highest BCUT2D eigenvalue weighted by Crippen LogP contribution is 2.22. The van der Waals surface area contributed by atoms with E-state index >= 15 is 0 Å². The zero-order chi connectivity index (χ0) is 10.8. The molecule has 1 aromatic heterocycles. The van der Waals surface area contributed by atoms with Crippen LogP contribution in [-0.4, -0.2) is 9.91 Å². The summed E-state index contributed by atoms with van der Waals surface area (Å²) >= 11 is 5.70. The fourth-order valence-electron chi connectivity index (χ4n) is 1.45. The van der Waals surface area contributed by atoms with Gasteiger partial charge in [0, 0.05) is 11.5 Å². The van der Waals surface area contributed by atoms with Crippen molar-refractivity contribution < 1.29 is 4.92 Å². The Morgan fingerprint density at radius 3 is 2.80 bits per heavy atom. The minimum absolute atomic E-state index is 0.163. The maximum absolute atomic E-state index is 10.6. The van der Waals surface area contributed by atoms with Crippen LogP contribution in [0.4, 0.5) is 5.82 Å². The Morgan fingerprint density at radius 1 is 1.40 bits per heavy atom. The molecule has 2 rings (SSSR count). The predicted octanol–water partition coefficient (Wildman–Crippen LogP) is 2.88. The lowest BCUT2D eigenvalue weighted by molar-refractivity contribution is -0.389. The van der Waals surface area contributed by atoms with Crippen LogP contribution < -0.4 is 0 Å². The van der Waals surface area contributed by atoms with E-state index in [1.54, 1.807) is 6.07 Å². The van der Waals surface area contributed by atoms with Crippen LogP contribution in [0.3, 0.4) is 0 Å². The van der Waals surface area contributed by atoms with Crippen LogP contribution in [-0.2, 0) is 5.88 Å². The van der Waals surface area contributed by atoms with E-state index in [9.17, 15) is 10.1 Å². The third-order valence-electron chi connectivity index (χ3n) is 2.12. The van der Waals surface area contributed by atoms with E-state index in [1.807, 2.05) is 18.2 Å². The number of fused-ring (bicyclic) bond motifs is 1. The van der Waals surface area contributed by atoms with Crippen LogP contribution in [0.5, 0.6) is 0 Å². The summed E-state index contributed by atoms with van der Waals surface area (Å²) in [5.41, 5.74) is 0.543. The second-order valence-electron chi connectivity index (χ2n) is 3.04. The maximum Gasteiger partial charge on any atom is 0.364 e. The second kappa shape index (κ2) is 3.82. The monoisotopic (exact) mass is 222 g/mol. The number of aromatic nitrogens is 1. The summed E-state index contributed by atoms with van der Waals surface area (Å²) in [7, 11) is 0. The van der Waals surface area contributed by atoms with E-state index in [1.165, 1.54) is 6.07 Å². The standard InChI is InChI=1S/C10H7ClN2O2/c11-6-9-8-4-2-1-3-7(8)5-10(12-9)13(14)15/h1-5H,6H2. The molecule has 0 N–H and O–H groups in total. The number of nitro groups is 1. The summed E-state index contributed by atoms with van der Waals surface area (Å²) in [4.78, 5) is 14.0. The average molecular weight is 223 g/mol. The Hall–Kier alpha value is -1.68. The number of rotatable bonds is 2. The van der Waals surface area contributed by atoms with E-state index in [4.69, 9.17) is 11.6 Å². The predicted molar refractivity (Wildman–Crippen MR) is 58.0 cm³/mol. The van der Waals surface area contributed by atoms with Gasteiger partial charge in [-0.15, -0.1) is 11.6 Å². The van der Waals surface area contributed by atoms with Crippen LogP contribution in [0.1, 0.15) is 5.69 Å². The molecule has 1 aromatic carbocycles. The lowest BCUT2D eigenvalue weighted by Crippen LogP contribution is -1.96. The minimum atomic E-state index is -0.511. The number of hydrogen-bond acceptors (Lipinski definition) is 3. The van der Waals surface area contributed by atoms with Gasteiger partial charge in [0.2, 0.25) is 0 Å². The molecule has 15 heavy (non-hydrogen) atoms. The Bertz CT molecular complexity index is 528. The van der Waals surface area contributed by atoms with Gasteiger partial charge in [0.05, 0.1) is 5.88 Å². The molecule has 1 heterocycles. The van der Waals surface area contributed by atoms with Crippen LogP contribution in [0.25, 0.3) is 10.8 Å². The third kappa shape index (κ3) is 1.76. The Morgan fingerprint density at radius 2 is 2.13 bits per heavy atom. The molecule has 5 heteroatoms. The van der Waals surface area contributed by atoms with Crippen LogP contribution in [0, 0.1) is 10.1 Å². The molecule has 0 atom stereocenters. The van der Waals surface area contributed by atoms with Crippen molar-refractivity contribution in [3.8, 4) is 0 Å². The second-order valence-corrected chi connectivity index (χ2v) is 3.31. The van der Waals surface area contributed by atoms with Crippen LogP contribution in [0.2, 0.25) is 0 Å². The SMILES string of the molecule is O=[N+]([O-])c1cc2ccccc2c(CCl)n1. The maximum atomic E-state index is 10.6. The van der Waals surface area contributed by atoms with Gasteiger partial charge in [0.15, 0.2) is 5.69 Å². The molecule has 0 fully saturated rings. The molecule has 0 aliphatic rings. The first-order valence-electron chi connectivity index (χ1n) is 4.31. The first-order valence-corrected chi connectivity index (χ1v) is 4.85. The molecule has 76 valence electrons. The molecule has 0 unspecified atom stereocenters. The Balaban J connectivity index is 2.77. The number of halogens is 1. The van der Waals surface area contributed by atoms with Gasteiger partial charge in [-0.25, -0.2) is 0 Å². The van der Waals surface area contributed by atoms with Crippen molar-refractivity contribution in [1.29, 1.82) is 0 Å². The van der Waals surface area contributed by atoms with Gasteiger partial charge in [0.25, 0.3) is 0 Å². The molecule has 0 aliphatic carbocycles. The molecule has 4 nitrogen and oxygen atoms in total. The van der Waals surface area contributed by atoms with Crippen molar-refractivity contribution in [3.63, 3.8) is 0 Å². The minimum Gasteiger partial charge on any atom is -0.358 e. The zero-order valence-electron chi connectivity index (χ0n) is 7.68. The van der Waals surface area contributed by atoms with Crippen molar-refractivity contribution in [2.45, 2.75) is 5.88 Å². The number of pyridine rings is 1. The van der Waals surface area contributed by atoms with E-state index in [0.29, 0.717) is 5.69 Å². The topological polar surface area (TPSA) is 56.0 Å². The summed E-state index contributed by atoms with van der Waals surface area (Å²) in [5.74, 6) is 0.00620. The normalized spacial score (nSPS) is 10.5. The molecular formula is C10H7ClN2O2. The molecule has 2 aromatic rings. The average Bonchev–Trinajstić information content (AvgIpc) is 2.27. The highest BCUT2D eigenvalue weighted by molar-refractivity contribution is 6.17. The van der Waals surface area contributed by atoms with E-state index in [2.05, 4.69) is 4.98 Å². The molecule has 0 radical (unpaired) electrons. The highest BCUT2D eigenvalue weighted by Gasteiger charge is 2.14. The molecule has 0 aliphatic heterocycles. The van der Waals surface area contributed by atoms with Gasteiger partial charge < -0.3 is 10.1 Å². The van der Waals surface area contributed by atoms with Crippen molar-refractivity contribution in [1.82, 2.24) is 4.98 Å². The smallest absolute Gasteiger partial charge is 0.358 e. The molecule has 0 saturated heterocycles. The Kier molecular flexibility index (Phi) is 2.51. The number of benzene rings is 1. The number of nitrogens with zero attached hydrogens (tertiary/aromatic N) is 2. The largest absolute Gasteiger partial charge is 0.364 e. The summed E-state index contributed by atoms with van der Waals surface area (Å²) in [6.45, 7) is 0. The van der Waals surface area contributed by atoms with Gasteiger partial charge in [-0.1, -0.05) is 24.3 Å². The molecule has 0 spiro atoms. The first-order chi connectivity index (χ1) is 7.22. The molecule has 0 bridgehead atoms. The van der Waals surface area contributed by atoms with E-state index < -0.39 is 4.92 Å². The highest BCUT2D eigenvalue weighted by atomic mass is 35.5. The lowest BCUT2D eigenvalue weighted by atomic mass is 10.1. The summed E-state index contributed by atoms with van der Waals surface area (Å²) < 4.78 is 0. The van der Waals surface area contributed by atoms with E-state index in [-0.39, 0.29) is 11.7 Å². The summed E-state index contributed by atoms with van der Waals surface area (Å²) in [5, 5.41) is 12.3. The van der Waals surface area contributed by atoms with E-state index in [0.717, 1.165) is 10.8 Å². The first kappa shape index (κ1) is 9.86. The van der Waals surface area contributed by atoms with Crippen molar-refractivity contribution in [2.24, 2.45) is 0 Å². The number of alkyl halides is 1. The molecule has 0 amide bonds. The summed E-state index contributed by atoms with van der Waals surface area (Å²) in [6.07, 6.45) is 0. The van der Waals surface area contributed by atoms with Crippen LogP contribution in [0.15, 0.2) is 30.3 Å². The molecule has 0 saturated carbocycles. The Labute approximate surface area is 90.7 Å². The molecular weight excluding hydrogens is 216 g/mol. The van der Waals surface area contributed by atoms with Crippen molar-refractivity contribution >= 4 is 28.2 Å². The summed E-state index contributed by atoms with van der Waals surface area (Å²) in [6, 6.07) is 8.78. The van der Waals surface area contributed by atoms with Gasteiger partial charge in [0.1, 0.15) is 0 Å². The third-order valence-corrected chi connectivity index (χ3v) is 2.37. The van der Waals surface area contributed by atoms with Gasteiger partial charge in [-0.2, -0.15) is 0 Å². The zero-order valence-corrected chi connectivity index (χ0v) is 8.44. The quantitative estimate of drug-likeness (QED) is 0.446. The van der Waals surface area contributed by atoms with Gasteiger partial charge in [-0.05, 0) is 15.3 Å². The van der Waals surface area contributed by atoms with Gasteiger partial charge in [-0.3, -0.25) is 0 Å². The van der Waals surface area contributed by atoms with Gasteiger partial charge >= 0.3 is 5.82 Å².